The molecule has 2 aromatic carbocycles. The van der Waals surface area contributed by atoms with Crippen molar-refractivity contribution in [3.8, 4) is 0 Å². The SMILES string of the molecule is COCCN(Cc1ccccc1)C(=O)Cc1csc(NC(=O)c2ccccc2)n1. The highest BCUT2D eigenvalue weighted by Gasteiger charge is 2.17. The Balaban J connectivity index is 1.61. The zero-order valence-corrected chi connectivity index (χ0v) is 17.0. The lowest BCUT2D eigenvalue weighted by atomic mass is 10.2. The number of nitrogens with one attached hydrogen (secondary N) is 1. The number of ether oxygens (including phenoxy) is 1. The van der Waals surface area contributed by atoms with E-state index in [0.29, 0.717) is 36.1 Å². The monoisotopic (exact) mass is 409 g/mol. The summed E-state index contributed by atoms with van der Waals surface area (Å²) in [6.45, 7) is 1.49. The fraction of sp³-hybridized carbons (Fsp3) is 0.227. The fourth-order valence-electron chi connectivity index (χ4n) is 2.77. The number of thiazole rings is 1. The number of methoxy groups -OCH3 is 1. The largest absolute Gasteiger partial charge is 0.383 e. The fourth-order valence-corrected chi connectivity index (χ4v) is 3.47. The van der Waals surface area contributed by atoms with Crippen LogP contribution in [-0.4, -0.2) is 42.0 Å². The van der Waals surface area contributed by atoms with Crippen molar-refractivity contribution in [1.82, 2.24) is 9.88 Å². The molecule has 3 rings (SSSR count). The number of anilines is 1. The van der Waals surface area contributed by atoms with Gasteiger partial charge in [-0.15, -0.1) is 11.3 Å². The Morgan fingerprint density at radius 2 is 1.76 bits per heavy atom. The van der Waals surface area contributed by atoms with E-state index < -0.39 is 0 Å². The molecule has 1 aromatic heterocycles. The number of nitrogens with zero attached hydrogens (tertiary/aromatic N) is 2. The van der Waals surface area contributed by atoms with Crippen LogP contribution in [-0.2, 0) is 22.5 Å². The first-order valence-corrected chi connectivity index (χ1v) is 10.1. The average Bonchev–Trinajstić information content (AvgIpc) is 3.19. The molecule has 0 saturated carbocycles. The van der Waals surface area contributed by atoms with Crippen molar-refractivity contribution in [3.05, 3.63) is 82.9 Å². The van der Waals surface area contributed by atoms with Gasteiger partial charge in [0, 0.05) is 31.1 Å². The maximum Gasteiger partial charge on any atom is 0.257 e. The van der Waals surface area contributed by atoms with E-state index in [2.05, 4.69) is 10.3 Å². The molecule has 3 aromatic rings. The van der Waals surface area contributed by atoms with Crippen LogP contribution in [0.25, 0.3) is 0 Å². The second-order valence-electron chi connectivity index (χ2n) is 6.43. The summed E-state index contributed by atoms with van der Waals surface area (Å²) in [5.41, 5.74) is 2.26. The zero-order chi connectivity index (χ0) is 20.5. The number of benzene rings is 2. The molecule has 0 saturated heterocycles. The normalized spacial score (nSPS) is 10.5. The van der Waals surface area contributed by atoms with Crippen LogP contribution in [0.4, 0.5) is 5.13 Å². The van der Waals surface area contributed by atoms with Crippen molar-refractivity contribution in [2.45, 2.75) is 13.0 Å². The third kappa shape index (κ3) is 6.23. The van der Waals surface area contributed by atoms with Gasteiger partial charge < -0.3 is 9.64 Å². The first-order chi connectivity index (χ1) is 14.2. The van der Waals surface area contributed by atoms with E-state index in [1.807, 2.05) is 48.5 Å². The van der Waals surface area contributed by atoms with Crippen LogP contribution in [0.5, 0.6) is 0 Å². The predicted molar refractivity (Wildman–Crippen MR) is 114 cm³/mol. The van der Waals surface area contributed by atoms with E-state index in [1.165, 1.54) is 11.3 Å². The molecule has 0 bridgehead atoms. The summed E-state index contributed by atoms with van der Waals surface area (Å²) in [6, 6.07) is 18.8. The van der Waals surface area contributed by atoms with Crippen molar-refractivity contribution in [2.75, 3.05) is 25.6 Å². The number of amides is 2. The Morgan fingerprint density at radius 3 is 2.45 bits per heavy atom. The molecule has 7 heteroatoms. The van der Waals surface area contributed by atoms with Gasteiger partial charge in [0.25, 0.3) is 5.91 Å². The molecule has 0 spiro atoms. The van der Waals surface area contributed by atoms with E-state index in [0.717, 1.165) is 5.56 Å². The maximum absolute atomic E-state index is 12.8. The molecule has 29 heavy (non-hydrogen) atoms. The van der Waals surface area contributed by atoms with E-state index in [4.69, 9.17) is 4.74 Å². The van der Waals surface area contributed by atoms with Gasteiger partial charge in [0.05, 0.1) is 18.7 Å². The van der Waals surface area contributed by atoms with Gasteiger partial charge >= 0.3 is 0 Å². The lowest BCUT2D eigenvalue weighted by molar-refractivity contribution is -0.131. The lowest BCUT2D eigenvalue weighted by Crippen LogP contribution is -2.34. The molecule has 0 aliphatic heterocycles. The van der Waals surface area contributed by atoms with E-state index in [-0.39, 0.29) is 18.2 Å². The highest BCUT2D eigenvalue weighted by atomic mass is 32.1. The topological polar surface area (TPSA) is 71.5 Å². The second kappa shape index (κ2) is 10.5. The first kappa shape index (κ1) is 20.7. The second-order valence-corrected chi connectivity index (χ2v) is 7.29. The van der Waals surface area contributed by atoms with Gasteiger partial charge in [0.15, 0.2) is 5.13 Å². The summed E-state index contributed by atoms with van der Waals surface area (Å²) in [4.78, 5) is 31.2. The summed E-state index contributed by atoms with van der Waals surface area (Å²) < 4.78 is 5.15. The molecule has 0 atom stereocenters. The Morgan fingerprint density at radius 1 is 1.07 bits per heavy atom. The minimum Gasteiger partial charge on any atom is -0.383 e. The standard InChI is InChI=1S/C22H23N3O3S/c1-28-13-12-25(15-17-8-4-2-5-9-17)20(26)14-19-16-29-22(23-19)24-21(27)18-10-6-3-7-11-18/h2-11,16H,12-15H2,1H3,(H,23,24,27). The van der Waals surface area contributed by atoms with Gasteiger partial charge in [-0.1, -0.05) is 48.5 Å². The van der Waals surface area contributed by atoms with E-state index >= 15 is 0 Å². The molecule has 0 aliphatic carbocycles. The summed E-state index contributed by atoms with van der Waals surface area (Å²) in [5, 5.41) is 5.06. The number of rotatable bonds is 9. The quantitative estimate of drug-likeness (QED) is 0.586. The van der Waals surface area contributed by atoms with Crippen LogP contribution >= 0.6 is 11.3 Å². The molecule has 0 unspecified atom stereocenters. The number of hydrogen-bond acceptors (Lipinski definition) is 5. The summed E-state index contributed by atoms with van der Waals surface area (Å²) in [7, 11) is 1.62. The predicted octanol–water partition coefficient (Wildman–Crippen LogP) is 3.61. The average molecular weight is 410 g/mol. The van der Waals surface area contributed by atoms with Crippen LogP contribution in [0, 0.1) is 0 Å². The Bertz CT molecular complexity index is 929. The zero-order valence-electron chi connectivity index (χ0n) is 16.2. The van der Waals surface area contributed by atoms with Crippen LogP contribution in [0.1, 0.15) is 21.6 Å². The Hall–Kier alpha value is -3.03. The molecular weight excluding hydrogens is 386 g/mol. The summed E-state index contributed by atoms with van der Waals surface area (Å²) >= 11 is 1.31. The molecular formula is C22H23N3O3S. The van der Waals surface area contributed by atoms with Crippen LogP contribution in [0.15, 0.2) is 66.0 Å². The molecule has 6 nitrogen and oxygen atoms in total. The van der Waals surface area contributed by atoms with Crippen molar-refractivity contribution < 1.29 is 14.3 Å². The van der Waals surface area contributed by atoms with Crippen molar-refractivity contribution in [3.63, 3.8) is 0 Å². The first-order valence-electron chi connectivity index (χ1n) is 9.27. The van der Waals surface area contributed by atoms with Crippen LogP contribution in [0.2, 0.25) is 0 Å². The number of carbonyl (C=O) groups excluding carboxylic acids is 2. The van der Waals surface area contributed by atoms with Crippen LogP contribution in [0.3, 0.4) is 0 Å². The van der Waals surface area contributed by atoms with Gasteiger partial charge in [-0.2, -0.15) is 0 Å². The van der Waals surface area contributed by atoms with Gasteiger partial charge in [0.2, 0.25) is 5.91 Å². The molecule has 0 aliphatic rings. The Kier molecular flexibility index (Phi) is 7.49. The Labute approximate surface area is 174 Å². The van der Waals surface area contributed by atoms with Crippen molar-refractivity contribution >= 4 is 28.3 Å². The smallest absolute Gasteiger partial charge is 0.257 e. The van der Waals surface area contributed by atoms with Gasteiger partial charge in [-0.25, -0.2) is 4.98 Å². The highest BCUT2D eigenvalue weighted by molar-refractivity contribution is 7.14. The van der Waals surface area contributed by atoms with Gasteiger partial charge in [0.1, 0.15) is 0 Å². The minimum atomic E-state index is -0.219. The van der Waals surface area contributed by atoms with Crippen molar-refractivity contribution in [2.24, 2.45) is 0 Å². The summed E-state index contributed by atoms with van der Waals surface area (Å²) in [5.74, 6) is -0.249. The summed E-state index contributed by atoms with van der Waals surface area (Å²) in [6.07, 6.45) is 0.175. The van der Waals surface area contributed by atoms with Crippen molar-refractivity contribution in [1.29, 1.82) is 0 Å². The van der Waals surface area contributed by atoms with E-state index in [1.54, 1.807) is 29.5 Å². The minimum absolute atomic E-state index is 0.0304. The maximum atomic E-state index is 12.8. The van der Waals surface area contributed by atoms with Gasteiger partial charge in [-0.05, 0) is 17.7 Å². The lowest BCUT2D eigenvalue weighted by Gasteiger charge is -2.22. The van der Waals surface area contributed by atoms with E-state index in [9.17, 15) is 9.59 Å². The number of hydrogen-bond donors (Lipinski definition) is 1. The number of aromatic nitrogens is 1. The molecule has 2 amide bonds. The third-order valence-corrected chi connectivity index (χ3v) is 5.08. The molecule has 150 valence electrons. The molecule has 0 radical (unpaired) electrons. The highest BCUT2D eigenvalue weighted by Crippen LogP contribution is 2.18. The van der Waals surface area contributed by atoms with Crippen LogP contribution < -0.4 is 5.32 Å². The van der Waals surface area contributed by atoms with Gasteiger partial charge in [-0.3, -0.25) is 14.9 Å². The molecule has 1 N–H and O–H groups in total. The molecule has 1 heterocycles. The number of carbonyl (C=O) groups is 2. The molecule has 0 fully saturated rings. The third-order valence-electron chi connectivity index (χ3n) is 4.27.